The van der Waals surface area contributed by atoms with Gasteiger partial charge >= 0.3 is 5.97 Å². The Kier molecular flexibility index (Phi) is 4.88. The predicted molar refractivity (Wildman–Crippen MR) is 59.6 cm³/mol. The Labute approximate surface area is 102 Å². The molecule has 0 radical (unpaired) electrons. The number of rotatable bonds is 6. The summed E-state index contributed by atoms with van der Waals surface area (Å²) in [5.74, 6) is -1.83. The molecule has 1 aromatic rings. The zero-order chi connectivity index (χ0) is 13.5. The Balaban J connectivity index is 2.36. The van der Waals surface area contributed by atoms with Crippen molar-refractivity contribution in [2.75, 3.05) is 13.1 Å². The zero-order valence-electron chi connectivity index (χ0n) is 9.43. The molecule has 0 fully saturated rings. The van der Waals surface area contributed by atoms with Gasteiger partial charge in [0.15, 0.2) is 5.76 Å². The van der Waals surface area contributed by atoms with Gasteiger partial charge in [0.1, 0.15) is 12.3 Å². The van der Waals surface area contributed by atoms with Crippen LogP contribution in [0, 0.1) is 0 Å². The molecule has 0 saturated carbocycles. The summed E-state index contributed by atoms with van der Waals surface area (Å²) in [6, 6.07) is 2.99. The van der Waals surface area contributed by atoms with Crippen molar-refractivity contribution in [3.05, 3.63) is 23.7 Å². The van der Waals surface area contributed by atoms with Crippen molar-refractivity contribution in [3.8, 4) is 0 Å². The summed E-state index contributed by atoms with van der Waals surface area (Å²) in [5.41, 5.74) is 5.31. The minimum Gasteiger partial charge on any atom is -0.480 e. The minimum atomic E-state index is -1.16. The number of carboxylic acids is 1. The number of carbonyl (C=O) groups excluding carboxylic acids is 2. The standard InChI is InChI=1S/C10H13N3O5/c11-3-6-1-2-7(18-6)10(17)13-4-8(14)12-5-9(15)16/h1-2H,3-5,11H2,(H,12,14)(H,13,17)(H,15,16). The zero-order valence-corrected chi connectivity index (χ0v) is 9.43. The fraction of sp³-hybridized carbons (Fsp3) is 0.300. The molecule has 0 spiro atoms. The number of nitrogens with one attached hydrogen (secondary N) is 2. The molecule has 8 heteroatoms. The lowest BCUT2D eigenvalue weighted by atomic mass is 10.4. The molecule has 0 aliphatic heterocycles. The SMILES string of the molecule is NCc1ccc(C(=O)NCC(=O)NCC(=O)O)o1. The molecule has 0 atom stereocenters. The lowest BCUT2D eigenvalue weighted by Gasteiger charge is -2.03. The molecule has 8 nitrogen and oxygen atoms in total. The molecule has 1 rings (SSSR count). The second-order valence-corrected chi connectivity index (χ2v) is 3.32. The van der Waals surface area contributed by atoms with Crippen LogP contribution < -0.4 is 16.4 Å². The fourth-order valence-corrected chi connectivity index (χ4v) is 1.09. The van der Waals surface area contributed by atoms with Crippen molar-refractivity contribution in [1.29, 1.82) is 0 Å². The number of nitrogens with two attached hydrogens (primary N) is 1. The van der Waals surface area contributed by atoms with Gasteiger partial charge in [-0.1, -0.05) is 0 Å². The van der Waals surface area contributed by atoms with E-state index in [2.05, 4.69) is 10.6 Å². The lowest BCUT2D eigenvalue weighted by Crippen LogP contribution is -2.38. The molecule has 0 aliphatic rings. The van der Waals surface area contributed by atoms with E-state index in [0.717, 1.165) is 0 Å². The van der Waals surface area contributed by atoms with E-state index in [1.165, 1.54) is 6.07 Å². The highest BCUT2D eigenvalue weighted by molar-refractivity contribution is 5.94. The number of amides is 2. The summed E-state index contributed by atoms with van der Waals surface area (Å²) in [4.78, 5) is 32.7. The Morgan fingerprint density at radius 3 is 2.50 bits per heavy atom. The van der Waals surface area contributed by atoms with Crippen LogP contribution >= 0.6 is 0 Å². The number of carbonyl (C=O) groups is 3. The fourth-order valence-electron chi connectivity index (χ4n) is 1.09. The Morgan fingerprint density at radius 1 is 1.22 bits per heavy atom. The summed E-state index contributed by atoms with van der Waals surface area (Å²) in [6.45, 7) is -0.649. The first kappa shape index (κ1) is 13.7. The number of hydrogen-bond acceptors (Lipinski definition) is 5. The third kappa shape index (κ3) is 4.26. The van der Waals surface area contributed by atoms with E-state index in [-0.39, 0.29) is 18.8 Å². The topological polar surface area (TPSA) is 135 Å². The summed E-state index contributed by atoms with van der Waals surface area (Å²) in [7, 11) is 0. The molecular formula is C10H13N3O5. The third-order valence-corrected chi connectivity index (χ3v) is 1.93. The van der Waals surface area contributed by atoms with Crippen LogP contribution in [0.3, 0.4) is 0 Å². The van der Waals surface area contributed by atoms with Gasteiger partial charge in [0.05, 0.1) is 13.1 Å². The van der Waals surface area contributed by atoms with Crippen molar-refractivity contribution in [2.45, 2.75) is 6.54 Å². The Morgan fingerprint density at radius 2 is 1.94 bits per heavy atom. The molecular weight excluding hydrogens is 242 g/mol. The van der Waals surface area contributed by atoms with Gasteiger partial charge in [-0.3, -0.25) is 14.4 Å². The van der Waals surface area contributed by atoms with E-state index < -0.39 is 24.3 Å². The van der Waals surface area contributed by atoms with Gasteiger partial charge in [-0.2, -0.15) is 0 Å². The van der Waals surface area contributed by atoms with Gasteiger partial charge < -0.3 is 25.9 Å². The van der Waals surface area contributed by atoms with Gasteiger partial charge in [0.25, 0.3) is 5.91 Å². The Bertz CT molecular complexity index is 454. The highest BCUT2D eigenvalue weighted by Gasteiger charge is 2.12. The van der Waals surface area contributed by atoms with Crippen molar-refractivity contribution < 1.29 is 23.9 Å². The maximum Gasteiger partial charge on any atom is 0.322 e. The normalized spacial score (nSPS) is 9.83. The van der Waals surface area contributed by atoms with E-state index in [1.807, 2.05) is 0 Å². The van der Waals surface area contributed by atoms with Crippen molar-refractivity contribution in [2.24, 2.45) is 5.73 Å². The van der Waals surface area contributed by atoms with Crippen LogP contribution in [0.5, 0.6) is 0 Å². The van der Waals surface area contributed by atoms with Crippen LogP contribution in [0.2, 0.25) is 0 Å². The average Bonchev–Trinajstić information content (AvgIpc) is 2.82. The molecule has 0 aromatic carbocycles. The quantitative estimate of drug-likeness (QED) is 0.497. The molecule has 0 bridgehead atoms. The summed E-state index contributed by atoms with van der Waals surface area (Å²) in [5, 5.41) is 12.7. The van der Waals surface area contributed by atoms with Crippen LogP contribution in [0.15, 0.2) is 16.5 Å². The molecule has 1 heterocycles. The number of hydrogen-bond donors (Lipinski definition) is 4. The summed E-state index contributed by atoms with van der Waals surface area (Å²) >= 11 is 0. The number of furan rings is 1. The monoisotopic (exact) mass is 255 g/mol. The molecule has 2 amide bonds. The van der Waals surface area contributed by atoms with Crippen molar-refractivity contribution >= 4 is 17.8 Å². The van der Waals surface area contributed by atoms with E-state index in [4.69, 9.17) is 15.3 Å². The van der Waals surface area contributed by atoms with E-state index in [0.29, 0.717) is 5.76 Å². The molecule has 0 saturated heterocycles. The summed E-state index contributed by atoms with van der Waals surface area (Å²) in [6.07, 6.45) is 0. The van der Waals surface area contributed by atoms with Crippen LogP contribution in [-0.4, -0.2) is 36.0 Å². The highest BCUT2D eigenvalue weighted by Crippen LogP contribution is 2.06. The second kappa shape index (κ2) is 6.40. The lowest BCUT2D eigenvalue weighted by molar-refractivity contribution is -0.137. The van der Waals surface area contributed by atoms with E-state index in [9.17, 15) is 14.4 Å². The van der Waals surface area contributed by atoms with Gasteiger partial charge in [0, 0.05) is 0 Å². The molecule has 98 valence electrons. The van der Waals surface area contributed by atoms with Crippen LogP contribution in [-0.2, 0) is 16.1 Å². The highest BCUT2D eigenvalue weighted by atomic mass is 16.4. The van der Waals surface area contributed by atoms with Gasteiger partial charge in [-0.15, -0.1) is 0 Å². The third-order valence-electron chi connectivity index (χ3n) is 1.93. The first-order chi connectivity index (χ1) is 8.52. The van der Waals surface area contributed by atoms with Crippen molar-refractivity contribution in [3.63, 3.8) is 0 Å². The number of aliphatic carboxylic acids is 1. The molecule has 1 aromatic heterocycles. The van der Waals surface area contributed by atoms with Crippen LogP contribution in [0.4, 0.5) is 0 Å². The van der Waals surface area contributed by atoms with Crippen molar-refractivity contribution in [1.82, 2.24) is 10.6 Å². The average molecular weight is 255 g/mol. The maximum absolute atomic E-state index is 11.5. The molecule has 18 heavy (non-hydrogen) atoms. The number of carboxylic acid groups (broad SMARTS) is 1. The molecule has 5 N–H and O–H groups in total. The van der Waals surface area contributed by atoms with Crippen LogP contribution in [0.25, 0.3) is 0 Å². The largest absolute Gasteiger partial charge is 0.480 e. The summed E-state index contributed by atoms with van der Waals surface area (Å²) < 4.78 is 5.06. The maximum atomic E-state index is 11.5. The smallest absolute Gasteiger partial charge is 0.322 e. The molecule has 0 aliphatic carbocycles. The Hall–Kier alpha value is -2.35. The van der Waals surface area contributed by atoms with Crippen LogP contribution in [0.1, 0.15) is 16.3 Å². The van der Waals surface area contributed by atoms with E-state index in [1.54, 1.807) is 6.07 Å². The van der Waals surface area contributed by atoms with Gasteiger partial charge in [0.2, 0.25) is 5.91 Å². The van der Waals surface area contributed by atoms with E-state index >= 15 is 0 Å². The predicted octanol–water partition coefficient (Wildman–Crippen LogP) is -1.33. The van der Waals surface area contributed by atoms with Gasteiger partial charge in [-0.05, 0) is 12.1 Å². The first-order valence-electron chi connectivity index (χ1n) is 5.08. The van der Waals surface area contributed by atoms with Gasteiger partial charge in [-0.25, -0.2) is 0 Å². The second-order valence-electron chi connectivity index (χ2n) is 3.32. The first-order valence-corrected chi connectivity index (χ1v) is 5.08. The molecule has 0 unspecified atom stereocenters. The minimum absolute atomic E-state index is 0.0430.